The summed E-state index contributed by atoms with van der Waals surface area (Å²) in [5, 5.41) is 10.2. The highest BCUT2D eigenvalue weighted by Gasteiger charge is 2.45. The maximum atomic E-state index is 11.2. The number of para-hydroxylation sites is 2. The molecule has 1 N–H and O–H groups in total. The van der Waals surface area contributed by atoms with Gasteiger partial charge < -0.3 is 33.7 Å². The Morgan fingerprint density at radius 3 is 2.58 bits per heavy atom. The fourth-order valence-corrected chi connectivity index (χ4v) is 5.09. The van der Waals surface area contributed by atoms with Gasteiger partial charge in [-0.15, -0.1) is 24.8 Å². The molecule has 2 atom stereocenters. The Bertz CT molecular complexity index is 1210. The van der Waals surface area contributed by atoms with Gasteiger partial charge in [0.1, 0.15) is 18.5 Å². The lowest BCUT2D eigenvalue weighted by molar-refractivity contribution is -0.189. The molecule has 3 aromatic rings. The van der Waals surface area contributed by atoms with Gasteiger partial charge in [0.25, 0.3) is 0 Å². The Morgan fingerprint density at radius 2 is 1.89 bits per heavy atom. The first kappa shape index (κ1) is 30.1. The van der Waals surface area contributed by atoms with Gasteiger partial charge >= 0.3 is 6.09 Å². The van der Waals surface area contributed by atoms with Gasteiger partial charge in [0.15, 0.2) is 0 Å². The van der Waals surface area contributed by atoms with E-state index in [9.17, 15) is 9.90 Å². The smallest absolute Gasteiger partial charge is 0.407 e. The van der Waals surface area contributed by atoms with Crippen molar-refractivity contribution in [2.45, 2.75) is 18.4 Å². The highest BCUT2D eigenvalue weighted by Crippen LogP contribution is 2.41. The fraction of sp³-hybridized carbons (Fsp3) is 0.360. The molecule has 1 aromatic heterocycles. The number of carboxylic acid groups (broad SMARTS) is 1. The number of rotatable bonds is 7. The van der Waals surface area contributed by atoms with E-state index < -0.39 is 11.9 Å². The normalized spacial score (nSPS) is 20.9. The second-order valence-corrected chi connectivity index (χ2v) is 9.54. The average molecular weight is 606 g/mol. The van der Waals surface area contributed by atoms with Gasteiger partial charge in [-0.3, -0.25) is 0 Å². The first-order valence-corrected chi connectivity index (χ1v) is 12.4. The number of carbonyl (C=O) groups is 1. The molecule has 0 bridgehead atoms. The van der Waals surface area contributed by atoms with E-state index in [4.69, 9.17) is 37.4 Å². The van der Waals surface area contributed by atoms with Crippen molar-refractivity contribution in [3.8, 4) is 5.75 Å². The topological polar surface area (TPSA) is 89.3 Å². The number of ether oxygens (including phenoxy) is 3. The third-order valence-corrected chi connectivity index (χ3v) is 6.88. The number of amides is 1. The lowest BCUT2D eigenvalue weighted by Crippen LogP contribution is -2.48. The molecular weight excluding hydrogens is 578 g/mol. The Balaban J connectivity index is 0.00000200. The minimum absolute atomic E-state index is 0. The zero-order chi connectivity index (χ0) is 25.1. The average Bonchev–Trinajstić information content (AvgIpc) is 3.53. The lowest BCUT2D eigenvalue weighted by Gasteiger charge is -2.35. The molecule has 13 heteroatoms. The van der Waals surface area contributed by atoms with Crippen molar-refractivity contribution in [2.24, 2.45) is 0 Å². The molecule has 3 heterocycles. The molecular formula is C25H28Cl4N4O5. The summed E-state index contributed by atoms with van der Waals surface area (Å²) in [6.45, 7) is 3.02. The monoisotopic (exact) mass is 604 g/mol. The number of piperazine rings is 1. The highest BCUT2D eigenvalue weighted by molar-refractivity contribution is 6.35. The summed E-state index contributed by atoms with van der Waals surface area (Å²) in [4.78, 5) is 18.9. The van der Waals surface area contributed by atoms with Crippen molar-refractivity contribution in [1.29, 1.82) is 0 Å². The summed E-state index contributed by atoms with van der Waals surface area (Å²) in [5.74, 6) is -0.412. The minimum atomic E-state index is -1.12. The van der Waals surface area contributed by atoms with Crippen LogP contribution >= 0.6 is 48.0 Å². The highest BCUT2D eigenvalue weighted by atomic mass is 35.5. The number of nitrogens with zero attached hydrogens (tertiary/aromatic N) is 4. The molecule has 0 aliphatic carbocycles. The van der Waals surface area contributed by atoms with Crippen LogP contribution in [0.2, 0.25) is 10.0 Å². The first-order valence-electron chi connectivity index (χ1n) is 11.6. The molecule has 2 aromatic carbocycles. The van der Waals surface area contributed by atoms with Crippen LogP contribution in [-0.4, -0.2) is 71.1 Å². The number of benzene rings is 2. The molecule has 206 valence electrons. The zero-order valence-corrected chi connectivity index (χ0v) is 23.4. The van der Waals surface area contributed by atoms with Crippen LogP contribution in [0.25, 0.3) is 0 Å². The number of aromatic nitrogens is 2. The van der Waals surface area contributed by atoms with E-state index in [2.05, 4.69) is 9.88 Å². The molecule has 2 unspecified atom stereocenters. The quantitative estimate of drug-likeness (QED) is 0.397. The standard InChI is InChI=1S/C25H26Cl2N4O5.2ClH/c26-18-5-6-20(21(27)13-18)25(16-29-8-7-28-17-29)35-15-19(36-25)14-34-23-4-2-1-3-22(23)30-9-11-31(12-10-30)24(32)33;;/h1-8,13,17,19H,9-12,14-16H2,(H,32,33);2*1H. The van der Waals surface area contributed by atoms with Crippen molar-refractivity contribution in [3.63, 3.8) is 0 Å². The molecule has 1 amide bonds. The summed E-state index contributed by atoms with van der Waals surface area (Å²) in [6, 6.07) is 13.0. The van der Waals surface area contributed by atoms with Crippen molar-refractivity contribution < 1.29 is 24.1 Å². The summed E-state index contributed by atoms with van der Waals surface area (Å²) in [7, 11) is 0. The van der Waals surface area contributed by atoms with E-state index in [0.717, 1.165) is 5.69 Å². The molecule has 5 rings (SSSR count). The zero-order valence-electron chi connectivity index (χ0n) is 20.2. The van der Waals surface area contributed by atoms with Gasteiger partial charge in [0.05, 0.1) is 30.2 Å². The van der Waals surface area contributed by atoms with Crippen LogP contribution in [0.5, 0.6) is 5.75 Å². The molecule has 38 heavy (non-hydrogen) atoms. The number of hydrogen-bond acceptors (Lipinski definition) is 6. The fourth-order valence-electron chi connectivity index (χ4n) is 4.54. The maximum Gasteiger partial charge on any atom is 0.407 e. The Kier molecular flexibility index (Phi) is 10.4. The second kappa shape index (κ2) is 13.1. The van der Waals surface area contributed by atoms with Gasteiger partial charge in [-0.1, -0.05) is 41.4 Å². The molecule has 2 aliphatic rings. The largest absolute Gasteiger partial charge is 0.489 e. The van der Waals surface area contributed by atoms with Crippen LogP contribution in [-0.2, 0) is 21.8 Å². The molecule has 2 fully saturated rings. The summed E-state index contributed by atoms with van der Waals surface area (Å²) in [5.41, 5.74) is 1.60. The van der Waals surface area contributed by atoms with Crippen LogP contribution < -0.4 is 9.64 Å². The van der Waals surface area contributed by atoms with E-state index >= 15 is 0 Å². The predicted octanol–water partition coefficient (Wildman–Crippen LogP) is 5.18. The Morgan fingerprint density at radius 1 is 1.13 bits per heavy atom. The molecule has 2 aliphatic heterocycles. The minimum Gasteiger partial charge on any atom is -0.489 e. The predicted molar refractivity (Wildman–Crippen MR) is 149 cm³/mol. The van der Waals surface area contributed by atoms with Gasteiger partial charge in [-0.2, -0.15) is 0 Å². The summed E-state index contributed by atoms with van der Waals surface area (Å²) >= 11 is 12.7. The number of anilines is 1. The second-order valence-electron chi connectivity index (χ2n) is 8.70. The van der Waals surface area contributed by atoms with Crippen LogP contribution in [0.4, 0.5) is 10.5 Å². The Labute approximate surface area is 243 Å². The third kappa shape index (κ3) is 6.59. The first-order chi connectivity index (χ1) is 17.4. The van der Waals surface area contributed by atoms with E-state index in [0.29, 0.717) is 60.7 Å². The van der Waals surface area contributed by atoms with Crippen molar-refractivity contribution in [1.82, 2.24) is 14.5 Å². The number of halogens is 4. The molecule has 9 nitrogen and oxygen atoms in total. The Hall–Kier alpha value is -2.40. The van der Waals surface area contributed by atoms with E-state index in [1.807, 2.05) is 41.1 Å². The van der Waals surface area contributed by atoms with E-state index in [1.54, 1.807) is 24.7 Å². The van der Waals surface area contributed by atoms with E-state index in [1.165, 1.54) is 4.90 Å². The number of imidazole rings is 1. The van der Waals surface area contributed by atoms with Crippen molar-refractivity contribution in [2.75, 3.05) is 44.3 Å². The van der Waals surface area contributed by atoms with Crippen LogP contribution in [0.15, 0.2) is 61.2 Å². The third-order valence-electron chi connectivity index (χ3n) is 6.33. The molecule has 2 saturated heterocycles. The van der Waals surface area contributed by atoms with Gasteiger partial charge in [-0.05, 0) is 24.3 Å². The number of hydrogen-bond donors (Lipinski definition) is 1. The van der Waals surface area contributed by atoms with Crippen LogP contribution in [0.1, 0.15) is 5.56 Å². The van der Waals surface area contributed by atoms with Crippen molar-refractivity contribution >= 4 is 59.8 Å². The van der Waals surface area contributed by atoms with Gasteiger partial charge in [0.2, 0.25) is 5.79 Å². The van der Waals surface area contributed by atoms with Gasteiger partial charge in [0, 0.05) is 49.2 Å². The summed E-state index contributed by atoms with van der Waals surface area (Å²) in [6.07, 6.45) is 3.99. The van der Waals surface area contributed by atoms with Crippen LogP contribution in [0.3, 0.4) is 0 Å². The van der Waals surface area contributed by atoms with Crippen LogP contribution in [0, 0.1) is 0 Å². The van der Waals surface area contributed by atoms with E-state index in [-0.39, 0.29) is 37.5 Å². The van der Waals surface area contributed by atoms with Crippen molar-refractivity contribution in [3.05, 3.63) is 76.8 Å². The lowest BCUT2D eigenvalue weighted by atomic mass is 10.1. The van der Waals surface area contributed by atoms with Gasteiger partial charge in [-0.25, -0.2) is 9.78 Å². The molecule has 0 spiro atoms. The summed E-state index contributed by atoms with van der Waals surface area (Å²) < 4.78 is 20.8. The molecule has 0 radical (unpaired) electrons. The SMILES string of the molecule is Cl.Cl.O=C(O)N1CCN(c2ccccc2OCC2COC(Cn3ccnc3)(c3ccc(Cl)cc3Cl)O2)CC1. The molecule has 0 saturated carbocycles. The maximum absolute atomic E-state index is 11.2.